The van der Waals surface area contributed by atoms with E-state index in [1.54, 1.807) is 26.2 Å². The summed E-state index contributed by atoms with van der Waals surface area (Å²) in [6.45, 7) is 4.05. The van der Waals surface area contributed by atoms with E-state index in [0.29, 0.717) is 12.4 Å². The Labute approximate surface area is 135 Å². The molecule has 5 heteroatoms. The normalized spacial score (nSPS) is 11.7. The number of aliphatic hydroxyl groups is 1. The first kappa shape index (κ1) is 15.4. The quantitative estimate of drug-likeness (QED) is 0.803. The molecule has 5 nitrogen and oxygen atoms in total. The average molecular weight is 308 g/mol. The van der Waals surface area contributed by atoms with Gasteiger partial charge in [0.05, 0.1) is 11.1 Å². The van der Waals surface area contributed by atoms with Crippen LogP contribution in [-0.2, 0) is 0 Å². The SMILES string of the molecule is CN(CC(C)(C)O)c1nc(-c2cccnc2)nc2ccccc12. The number of nitrogens with zero attached hydrogens (tertiary/aromatic N) is 4. The van der Waals surface area contributed by atoms with Gasteiger partial charge in [-0.15, -0.1) is 0 Å². The molecule has 0 radical (unpaired) electrons. The van der Waals surface area contributed by atoms with Gasteiger partial charge in [-0.05, 0) is 38.1 Å². The zero-order chi connectivity index (χ0) is 16.4. The van der Waals surface area contributed by atoms with Gasteiger partial charge in [-0.3, -0.25) is 4.98 Å². The van der Waals surface area contributed by atoms with Crippen molar-refractivity contribution in [3.05, 3.63) is 48.8 Å². The van der Waals surface area contributed by atoms with Crippen molar-refractivity contribution in [2.24, 2.45) is 0 Å². The van der Waals surface area contributed by atoms with Gasteiger partial charge < -0.3 is 10.0 Å². The predicted octanol–water partition coefficient (Wildman–Crippen LogP) is 2.90. The number of benzene rings is 1. The Kier molecular flexibility index (Phi) is 3.96. The van der Waals surface area contributed by atoms with Gasteiger partial charge in [0.1, 0.15) is 5.82 Å². The summed E-state index contributed by atoms with van der Waals surface area (Å²) in [5, 5.41) is 11.1. The minimum Gasteiger partial charge on any atom is -0.389 e. The molecule has 0 aliphatic heterocycles. The Bertz CT molecular complexity index is 812. The van der Waals surface area contributed by atoms with Gasteiger partial charge in [0.25, 0.3) is 0 Å². The van der Waals surface area contributed by atoms with Crippen LogP contribution in [0.15, 0.2) is 48.8 Å². The van der Waals surface area contributed by atoms with Gasteiger partial charge in [-0.1, -0.05) is 12.1 Å². The van der Waals surface area contributed by atoms with Crippen molar-refractivity contribution in [2.75, 3.05) is 18.5 Å². The Morgan fingerprint density at radius 3 is 2.57 bits per heavy atom. The first-order valence-electron chi connectivity index (χ1n) is 7.55. The van der Waals surface area contributed by atoms with Crippen LogP contribution >= 0.6 is 0 Å². The van der Waals surface area contributed by atoms with E-state index in [1.165, 1.54) is 0 Å². The molecule has 0 amide bonds. The fraction of sp³-hybridized carbons (Fsp3) is 0.278. The molecular formula is C18H20N4O. The number of fused-ring (bicyclic) bond motifs is 1. The monoisotopic (exact) mass is 308 g/mol. The second-order valence-corrected chi connectivity index (χ2v) is 6.30. The van der Waals surface area contributed by atoms with Crippen molar-refractivity contribution in [3.63, 3.8) is 0 Å². The molecule has 118 valence electrons. The molecular weight excluding hydrogens is 288 g/mol. The fourth-order valence-electron chi connectivity index (χ4n) is 2.63. The van der Waals surface area contributed by atoms with Gasteiger partial charge in [0, 0.05) is 36.9 Å². The fourth-order valence-corrected chi connectivity index (χ4v) is 2.63. The van der Waals surface area contributed by atoms with Gasteiger partial charge >= 0.3 is 0 Å². The maximum absolute atomic E-state index is 10.1. The van der Waals surface area contributed by atoms with Gasteiger partial charge in [-0.25, -0.2) is 9.97 Å². The summed E-state index contributed by atoms with van der Waals surface area (Å²) >= 11 is 0. The van der Waals surface area contributed by atoms with Gasteiger partial charge in [0.15, 0.2) is 5.82 Å². The largest absolute Gasteiger partial charge is 0.389 e. The van der Waals surface area contributed by atoms with E-state index < -0.39 is 5.60 Å². The number of pyridine rings is 1. The van der Waals surface area contributed by atoms with Crippen molar-refractivity contribution < 1.29 is 5.11 Å². The first-order valence-corrected chi connectivity index (χ1v) is 7.55. The van der Waals surface area contributed by atoms with Crippen LogP contribution in [0.4, 0.5) is 5.82 Å². The molecule has 2 aromatic heterocycles. The Balaban J connectivity index is 2.15. The summed E-state index contributed by atoms with van der Waals surface area (Å²) < 4.78 is 0. The molecule has 0 bridgehead atoms. The maximum Gasteiger partial charge on any atom is 0.163 e. The molecule has 0 saturated carbocycles. The molecule has 0 aliphatic carbocycles. The highest BCUT2D eigenvalue weighted by atomic mass is 16.3. The van der Waals surface area contributed by atoms with Crippen molar-refractivity contribution in [1.82, 2.24) is 15.0 Å². The van der Waals surface area contributed by atoms with Crippen LogP contribution in [0.3, 0.4) is 0 Å². The number of rotatable bonds is 4. The highest BCUT2D eigenvalue weighted by Gasteiger charge is 2.19. The molecule has 0 saturated heterocycles. The van der Waals surface area contributed by atoms with Crippen LogP contribution in [-0.4, -0.2) is 39.3 Å². The molecule has 1 N–H and O–H groups in total. The second-order valence-electron chi connectivity index (χ2n) is 6.30. The summed E-state index contributed by atoms with van der Waals surface area (Å²) in [5.41, 5.74) is 0.935. The molecule has 0 fully saturated rings. The highest BCUT2D eigenvalue weighted by molar-refractivity contribution is 5.90. The van der Waals surface area contributed by atoms with Crippen LogP contribution in [0.5, 0.6) is 0 Å². The molecule has 0 spiro atoms. The molecule has 0 atom stereocenters. The Morgan fingerprint density at radius 2 is 1.87 bits per heavy atom. The van der Waals surface area contributed by atoms with E-state index in [4.69, 9.17) is 4.98 Å². The smallest absolute Gasteiger partial charge is 0.163 e. The molecule has 3 rings (SSSR count). The summed E-state index contributed by atoms with van der Waals surface area (Å²) in [4.78, 5) is 15.5. The van der Waals surface area contributed by atoms with Gasteiger partial charge in [0.2, 0.25) is 0 Å². The van der Waals surface area contributed by atoms with E-state index >= 15 is 0 Å². The highest BCUT2D eigenvalue weighted by Crippen LogP contribution is 2.27. The minimum absolute atomic E-state index is 0.473. The van der Waals surface area contributed by atoms with E-state index in [-0.39, 0.29) is 0 Å². The molecule has 0 aliphatic rings. The summed E-state index contributed by atoms with van der Waals surface area (Å²) in [7, 11) is 1.93. The molecule has 3 aromatic rings. The summed E-state index contributed by atoms with van der Waals surface area (Å²) in [6, 6.07) is 11.7. The van der Waals surface area contributed by atoms with Crippen molar-refractivity contribution in [3.8, 4) is 11.4 Å². The number of hydrogen-bond acceptors (Lipinski definition) is 5. The lowest BCUT2D eigenvalue weighted by Gasteiger charge is -2.27. The van der Waals surface area contributed by atoms with Crippen molar-refractivity contribution >= 4 is 16.7 Å². The standard InChI is InChI=1S/C18H20N4O/c1-18(2,23)12-22(3)17-14-8-4-5-9-15(14)20-16(21-17)13-7-6-10-19-11-13/h4-11,23H,12H2,1-3H3. The predicted molar refractivity (Wildman–Crippen MR) is 92.3 cm³/mol. The lowest BCUT2D eigenvalue weighted by Crippen LogP contribution is -2.36. The van der Waals surface area contributed by atoms with E-state index in [0.717, 1.165) is 22.3 Å². The van der Waals surface area contributed by atoms with Crippen LogP contribution < -0.4 is 4.90 Å². The number of likely N-dealkylation sites (N-methyl/N-ethyl adjacent to an activating group) is 1. The van der Waals surface area contributed by atoms with Crippen LogP contribution in [0.2, 0.25) is 0 Å². The average Bonchev–Trinajstić information content (AvgIpc) is 2.53. The van der Waals surface area contributed by atoms with Crippen molar-refractivity contribution in [2.45, 2.75) is 19.4 Å². The van der Waals surface area contributed by atoms with Crippen LogP contribution in [0.1, 0.15) is 13.8 Å². The zero-order valence-corrected chi connectivity index (χ0v) is 13.6. The minimum atomic E-state index is -0.810. The van der Waals surface area contributed by atoms with Crippen LogP contribution in [0, 0.1) is 0 Å². The lowest BCUT2D eigenvalue weighted by atomic mass is 10.1. The second kappa shape index (κ2) is 5.93. The summed E-state index contributed by atoms with van der Waals surface area (Å²) in [6.07, 6.45) is 3.48. The van der Waals surface area contributed by atoms with Crippen molar-refractivity contribution in [1.29, 1.82) is 0 Å². The third-order valence-electron chi connectivity index (χ3n) is 3.49. The molecule has 23 heavy (non-hydrogen) atoms. The third kappa shape index (κ3) is 3.46. The molecule has 0 unspecified atom stereocenters. The first-order chi connectivity index (χ1) is 10.9. The number of aromatic nitrogens is 3. The van der Waals surface area contributed by atoms with Crippen LogP contribution in [0.25, 0.3) is 22.3 Å². The maximum atomic E-state index is 10.1. The number of para-hydroxylation sites is 1. The van der Waals surface area contributed by atoms with Gasteiger partial charge in [-0.2, -0.15) is 0 Å². The topological polar surface area (TPSA) is 62.1 Å². The molecule has 1 aromatic carbocycles. The third-order valence-corrected chi connectivity index (χ3v) is 3.49. The van der Waals surface area contributed by atoms with E-state index in [1.807, 2.05) is 48.3 Å². The number of hydrogen-bond donors (Lipinski definition) is 1. The lowest BCUT2D eigenvalue weighted by molar-refractivity contribution is 0.0885. The summed E-state index contributed by atoms with van der Waals surface area (Å²) in [5.74, 6) is 1.44. The molecule has 2 heterocycles. The van der Waals surface area contributed by atoms with E-state index in [2.05, 4.69) is 9.97 Å². The Hall–Kier alpha value is -2.53. The zero-order valence-electron chi connectivity index (χ0n) is 13.6. The number of anilines is 1. The Morgan fingerprint density at radius 1 is 1.09 bits per heavy atom. The van der Waals surface area contributed by atoms with E-state index in [9.17, 15) is 5.11 Å².